The first kappa shape index (κ1) is 10.4. The van der Waals surface area contributed by atoms with E-state index in [4.69, 9.17) is 4.74 Å². The highest BCUT2D eigenvalue weighted by Gasteiger charge is 2.16. The Morgan fingerprint density at radius 3 is 2.18 bits per heavy atom. The van der Waals surface area contributed by atoms with Gasteiger partial charge in [-0.1, -0.05) is 5.70 Å². The molecule has 0 saturated heterocycles. The van der Waals surface area contributed by atoms with Crippen LogP contribution in [0.4, 0.5) is 0 Å². The molecule has 0 aliphatic carbocycles. The van der Waals surface area contributed by atoms with E-state index >= 15 is 0 Å². The third-order valence-corrected chi connectivity index (χ3v) is 2.02. The Kier molecular flexibility index (Phi) is 3.52. The van der Waals surface area contributed by atoms with Gasteiger partial charge in [0.25, 0.3) is 0 Å². The number of carbonyl (C=O) groups is 1. The first-order chi connectivity index (χ1) is 4.87. The third kappa shape index (κ3) is 4.78. The molecule has 0 rings (SSSR count). The average Bonchev–Trinajstić information content (AvgIpc) is 1.82. The van der Waals surface area contributed by atoms with Gasteiger partial charge in [0.1, 0.15) is 5.60 Å². The zero-order chi connectivity index (χ0) is 9.07. The minimum absolute atomic E-state index is 0.201. The van der Waals surface area contributed by atoms with Crippen LogP contribution in [0.3, 0.4) is 0 Å². The summed E-state index contributed by atoms with van der Waals surface area (Å²) in [5.74, 6) is -0.201. The maximum absolute atomic E-state index is 11.1. The van der Waals surface area contributed by atoms with Crippen LogP contribution >= 0.6 is 0 Å². The van der Waals surface area contributed by atoms with Crippen molar-refractivity contribution in [3.05, 3.63) is 11.3 Å². The van der Waals surface area contributed by atoms with E-state index < -0.39 is 0 Å². The summed E-state index contributed by atoms with van der Waals surface area (Å²) in [4.78, 5) is 11.1. The second-order valence-electron chi connectivity index (χ2n) is 3.47. The van der Waals surface area contributed by atoms with Crippen LogP contribution in [0.15, 0.2) is 11.3 Å². The molecular weight excluding hydrogens is 156 g/mol. The van der Waals surface area contributed by atoms with Crippen molar-refractivity contribution in [3.63, 3.8) is 0 Å². The summed E-state index contributed by atoms with van der Waals surface area (Å²) < 4.78 is 5.11. The van der Waals surface area contributed by atoms with Gasteiger partial charge in [-0.15, -0.1) is 0 Å². The molecule has 0 amide bonds. The Labute approximate surface area is 71.1 Å². The van der Waals surface area contributed by atoms with Crippen molar-refractivity contribution in [2.24, 2.45) is 0 Å². The maximum Gasteiger partial charge on any atom is 0.333 e. The highest BCUT2D eigenvalue weighted by molar-refractivity contribution is 6.19. The van der Waals surface area contributed by atoms with Gasteiger partial charge < -0.3 is 4.74 Å². The zero-order valence-corrected chi connectivity index (χ0v) is 9.89. The normalized spacial score (nSPS) is 13.3. The topological polar surface area (TPSA) is 26.3 Å². The van der Waals surface area contributed by atoms with Gasteiger partial charge in [0.2, 0.25) is 0 Å². The van der Waals surface area contributed by atoms with Gasteiger partial charge in [-0.3, -0.25) is 0 Å². The van der Waals surface area contributed by atoms with Crippen LogP contribution in [0.25, 0.3) is 0 Å². The molecule has 0 fully saturated rings. The average molecular weight is 172 g/mol. The van der Waals surface area contributed by atoms with Gasteiger partial charge in [0.15, 0.2) is 0 Å². The maximum atomic E-state index is 11.1. The quantitative estimate of drug-likeness (QED) is 0.329. The van der Waals surface area contributed by atoms with Crippen molar-refractivity contribution >= 4 is 16.2 Å². The molecule has 0 spiro atoms. The molecule has 0 bridgehead atoms. The van der Waals surface area contributed by atoms with Crippen LogP contribution in [-0.4, -0.2) is 21.8 Å². The minimum Gasteiger partial charge on any atom is -0.457 e. The molecule has 3 heteroatoms. The fraction of sp³-hybridized carbons (Fsp3) is 0.625. The lowest BCUT2D eigenvalue weighted by atomic mass is 10.2. The SMILES string of the molecule is CC(=C[SiH3])C(=O)OC(C)(C)C. The lowest BCUT2D eigenvalue weighted by molar-refractivity contribution is -0.149. The molecule has 0 heterocycles. The lowest BCUT2D eigenvalue weighted by Crippen LogP contribution is -2.24. The standard InChI is InChI=1S/C8H16O2Si/c1-6(5-11)7(9)10-8(2,3)4/h5H,1-4,11H3. The molecule has 0 aromatic rings. The molecule has 11 heavy (non-hydrogen) atoms. The zero-order valence-electron chi connectivity index (χ0n) is 7.89. The summed E-state index contributed by atoms with van der Waals surface area (Å²) in [6.07, 6.45) is 0. The van der Waals surface area contributed by atoms with Gasteiger partial charge >= 0.3 is 5.97 Å². The van der Waals surface area contributed by atoms with Crippen LogP contribution in [0.1, 0.15) is 27.7 Å². The number of rotatable bonds is 1. The fourth-order valence-electron chi connectivity index (χ4n) is 0.476. The Hall–Kier alpha value is -0.573. The van der Waals surface area contributed by atoms with Gasteiger partial charge in [0.05, 0.1) is 0 Å². The molecule has 0 saturated carbocycles. The van der Waals surface area contributed by atoms with E-state index in [2.05, 4.69) is 0 Å². The predicted octanol–water partition coefficient (Wildman–Crippen LogP) is 0.597. The van der Waals surface area contributed by atoms with Crippen LogP contribution in [0.2, 0.25) is 0 Å². The van der Waals surface area contributed by atoms with Gasteiger partial charge in [0, 0.05) is 15.8 Å². The molecule has 0 aromatic heterocycles. The summed E-state index contributed by atoms with van der Waals surface area (Å²) >= 11 is 0. The van der Waals surface area contributed by atoms with Crippen molar-refractivity contribution in [3.8, 4) is 0 Å². The summed E-state index contributed by atoms with van der Waals surface area (Å²) in [6, 6.07) is 0. The van der Waals surface area contributed by atoms with Gasteiger partial charge in [-0.25, -0.2) is 4.79 Å². The number of esters is 1. The van der Waals surface area contributed by atoms with Crippen LogP contribution < -0.4 is 0 Å². The van der Waals surface area contributed by atoms with Crippen LogP contribution in [-0.2, 0) is 9.53 Å². The van der Waals surface area contributed by atoms with E-state index in [1.165, 1.54) is 0 Å². The summed E-state index contributed by atoms with van der Waals surface area (Å²) in [7, 11) is 0.899. The van der Waals surface area contributed by atoms with Crippen LogP contribution in [0, 0.1) is 0 Å². The first-order valence-electron chi connectivity index (χ1n) is 3.73. The lowest BCUT2D eigenvalue weighted by Gasteiger charge is -2.19. The monoisotopic (exact) mass is 172 g/mol. The molecule has 0 aliphatic rings. The fourth-order valence-corrected chi connectivity index (χ4v) is 0.712. The third-order valence-electron chi connectivity index (χ3n) is 1.15. The predicted molar refractivity (Wildman–Crippen MR) is 49.5 cm³/mol. The van der Waals surface area contributed by atoms with Crippen molar-refractivity contribution in [1.29, 1.82) is 0 Å². The Balaban J connectivity index is 4.10. The summed E-state index contributed by atoms with van der Waals surface area (Å²) in [6.45, 7) is 7.38. The summed E-state index contributed by atoms with van der Waals surface area (Å²) in [5.41, 5.74) is 2.23. The molecule has 0 radical (unpaired) electrons. The van der Waals surface area contributed by atoms with E-state index in [0.29, 0.717) is 5.57 Å². The van der Waals surface area contributed by atoms with Gasteiger partial charge in [-0.05, 0) is 27.7 Å². The number of ether oxygens (including phenoxy) is 1. The Morgan fingerprint density at radius 1 is 1.45 bits per heavy atom. The van der Waals surface area contributed by atoms with Crippen molar-refractivity contribution < 1.29 is 9.53 Å². The molecule has 64 valence electrons. The molecule has 2 nitrogen and oxygen atoms in total. The van der Waals surface area contributed by atoms with Crippen molar-refractivity contribution in [2.75, 3.05) is 0 Å². The van der Waals surface area contributed by atoms with E-state index in [9.17, 15) is 4.79 Å². The van der Waals surface area contributed by atoms with Crippen molar-refractivity contribution in [2.45, 2.75) is 33.3 Å². The second-order valence-corrected chi connectivity index (χ2v) is 4.05. The Morgan fingerprint density at radius 2 is 1.91 bits per heavy atom. The minimum atomic E-state index is -0.372. The van der Waals surface area contributed by atoms with E-state index in [-0.39, 0.29) is 11.6 Å². The number of hydrogen-bond donors (Lipinski definition) is 0. The largest absolute Gasteiger partial charge is 0.457 e. The van der Waals surface area contributed by atoms with E-state index in [0.717, 1.165) is 10.2 Å². The van der Waals surface area contributed by atoms with E-state index in [1.807, 2.05) is 26.5 Å². The van der Waals surface area contributed by atoms with Crippen molar-refractivity contribution in [1.82, 2.24) is 0 Å². The highest BCUT2D eigenvalue weighted by Crippen LogP contribution is 2.09. The number of hydrogen-bond acceptors (Lipinski definition) is 2. The molecule has 0 atom stereocenters. The molecular formula is C8H16O2Si. The summed E-state index contributed by atoms with van der Waals surface area (Å²) in [5, 5.41) is 0. The molecule has 0 N–H and O–H groups in total. The Bertz CT molecular complexity index is 177. The smallest absolute Gasteiger partial charge is 0.333 e. The van der Waals surface area contributed by atoms with Crippen LogP contribution in [0.5, 0.6) is 0 Å². The molecule has 0 aromatic carbocycles. The molecule has 0 unspecified atom stereocenters. The first-order valence-corrected chi connectivity index (χ1v) is 4.88. The van der Waals surface area contributed by atoms with Gasteiger partial charge in [-0.2, -0.15) is 0 Å². The van der Waals surface area contributed by atoms with E-state index in [1.54, 1.807) is 6.92 Å². The second kappa shape index (κ2) is 3.71. The highest BCUT2D eigenvalue weighted by atomic mass is 28.1. The molecule has 0 aliphatic heterocycles. The number of carbonyl (C=O) groups excluding carboxylic acids is 1.